The molecule has 0 aliphatic heterocycles. The third kappa shape index (κ3) is 2.40. The van der Waals surface area contributed by atoms with Crippen molar-refractivity contribution in [2.24, 2.45) is 0 Å². The van der Waals surface area contributed by atoms with E-state index in [-0.39, 0.29) is 5.57 Å². The Labute approximate surface area is 55.7 Å². The van der Waals surface area contributed by atoms with Gasteiger partial charge in [0.05, 0.1) is 0 Å². The molecule has 0 saturated carbocycles. The van der Waals surface area contributed by atoms with Crippen LogP contribution in [0.15, 0.2) is 11.6 Å². The average molecular weight is 185 g/mol. The SMILES string of the molecule is C/C=C(\C)C(F)(F)Br. The van der Waals surface area contributed by atoms with Crippen LogP contribution in [0.4, 0.5) is 8.78 Å². The summed E-state index contributed by atoms with van der Waals surface area (Å²) in [6.07, 6.45) is 1.37. The van der Waals surface area contributed by atoms with Crippen molar-refractivity contribution in [1.82, 2.24) is 0 Å². The molecule has 8 heavy (non-hydrogen) atoms. The number of allylic oxidation sites excluding steroid dienone is 2. The highest BCUT2D eigenvalue weighted by Gasteiger charge is 2.24. The van der Waals surface area contributed by atoms with Crippen molar-refractivity contribution >= 4 is 15.9 Å². The molecule has 48 valence electrons. The summed E-state index contributed by atoms with van der Waals surface area (Å²) in [5.74, 6) is 0. The van der Waals surface area contributed by atoms with Crippen LogP contribution in [0.1, 0.15) is 13.8 Å². The molecule has 0 amide bonds. The van der Waals surface area contributed by atoms with E-state index < -0.39 is 4.83 Å². The van der Waals surface area contributed by atoms with Crippen molar-refractivity contribution in [3.8, 4) is 0 Å². The molecule has 0 rings (SSSR count). The topological polar surface area (TPSA) is 0 Å². The van der Waals surface area contributed by atoms with E-state index in [2.05, 4.69) is 15.9 Å². The Kier molecular flexibility index (Phi) is 2.60. The number of hydrogen-bond donors (Lipinski definition) is 0. The van der Waals surface area contributed by atoms with Crippen LogP contribution in [0.2, 0.25) is 0 Å². The van der Waals surface area contributed by atoms with Crippen LogP contribution < -0.4 is 0 Å². The molecule has 0 nitrogen and oxygen atoms in total. The normalized spacial score (nSPS) is 14.4. The smallest absolute Gasteiger partial charge is 0.189 e. The summed E-state index contributed by atoms with van der Waals surface area (Å²) in [6, 6.07) is 0. The van der Waals surface area contributed by atoms with E-state index in [1.807, 2.05) is 0 Å². The molecule has 0 aliphatic rings. The van der Waals surface area contributed by atoms with Crippen LogP contribution in [0.3, 0.4) is 0 Å². The lowest BCUT2D eigenvalue weighted by molar-refractivity contribution is 0.157. The van der Waals surface area contributed by atoms with Crippen LogP contribution in [-0.4, -0.2) is 4.83 Å². The summed E-state index contributed by atoms with van der Waals surface area (Å²) >= 11 is 2.20. The third-order valence-electron chi connectivity index (χ3n) is 0.880. The van der Waals surface area contributed by atoms with Crippen LogP contribution in [-0.2, 0) is 0 Å². The van der Waals surface area contributed by atoms with Crippen molar-refractivity contribution in [3.63, 3.8) is 0 Å². The second-order valence-electron chi connectivity index (χ2n) is 1.47. The fraction of sp³-hybridized carbons (Fsp3) is 0.600. The molecule has 0 unspecified atom stereocenters. The van der Waals surface area contributed by atoms with E-state index in [4.69, 9.17) is 0 Å². The van der Waals surface area contributed by atoms with E-state index in [1.165, 1.54) is 13.0 Å². The zero-order chi connectivity index (χ0) is 6.78. The van der Waals surface area contributed by atoms with Crippen LogP contribution in [0.5, 0.6) is 0 Å². The van der Waals surface area contributed by atoms with Gasteiger partial charge in [0.2, 0.25) is 0 Å². The maximum absolute atomic E-state index is 12.0. The minimum absolute atomic E-state index is 0.0394. The van der Waals surface area contributed by atoms with Crippen molar-refractivity contribution in [3.05, 3.63) is 11.6 Å². The van der Waals surface area contributed by atoms with Crippen molar-refractivity contribution in [1.29, 1.82) is 0 Å². The predicted molar refractivity (Wildman–Crippen MR) is 33.3 cm³/mol. The molecule has 0 saturated heterocycles. The number of rotatable bonds is 1. The molecular weight excluding hydrogens is 178 g/mol. The van der Waals surface area contributed by atoms with Gasteiger partial charge < -0.3 is 0 Å². The molecule has 0 N–H and O–H groups in total. The Balaban J connectivity index is 4.03. The Morgan fingerprint density at radius 2 is 2.00 bits per heavy atom. The standard InChI is InChI=1S/C5H7BrF2/c1-3-4(2)5(6,7)8/h3H,1-2H3/b4-3+. The fourth-order valence-electron chi connectivity index (χ4n) is 0.164. The van der Waals surface area contributed by atoms with Gasteiger partial charge in [-0.3, -0.25) is 0 Å². The summed E-state index contributed by atoms with van der Waals surface area (Å²) in [5.41, 5.74) is 0.0394. The molecule has 0 aromatic heterocycles. The minimum atomic E-state index is -2.82. The summed E-state index contributed by atoms with van der Waals surface area (Å²) in [6.45, 7) is 2.94. The van der Waals surface area contributed by atoms with E-state index in [0.29, 0.717) is 0 Å². The molecule has 0 atom stereocenters. The molecule has 0 aromatic carbocycles. The van der Waals surface area contributed by atoms with E-state index in [0.717, 1.165) is 0 Å². The number of halogens is 3. The van der Waals surface area contributed by atoms with Gasteiger partial charge in [0, 0.05) is 5.57 Å². The quantitative estimate of drug-likeness (QED) is 0.435. The lowest BCUT2D eigenvalue weighted by Gasteiger charge is -2.05. The number of alkyl halides is 3. The monoisotopic (exact) mass is 184 g/mol. The maximum Gasteiger partial charge on any atom is 0.322 e. The highest BCUT2D eigenvalue weighted by Crippen LogP contribution is 2.29. The zero-order valence-electron chi connectivity index (χ0n) is 4.71. The molecule has 0 heterocycles. The van der Waals surface area contributed by atoms with E-state index in [9.17, 15) is 8.78 Å². The largest absolute Gasteiger partial charge is 0.322 e. The first-order valence-electron chi connectivity index (χ1n) is 2.18. The van der Waals surface area contributed by atoms with Gasteiger partial charge in [-0.1, -0.05) is 6.08 Å². The molecule has 0 radical (unpaired) electrons. The van der Waals surface area contributed by atoms with Gasteiger partial charge in [-0.05, 0) is 29.8 Å². The van der Waals surface area contributed by atoms with E-state index in [1.54, 1.807) is 6.92 Å². The number of hydrogen-bond acceptors (Lipinski definition) is 0. The first kappa shape index (κ1) is 8.08. The second-order valence-corrected chi connectivity index (χ2v) is 2.47. The molecule has 0 spiro atoms. The van der Waals surface area contributed by atoms with E-state index >= 15 is 0 Å². The summed E-state index contributed by atoms with van der Waals surface area (Å²) in [7, 11) is 0. The molecule has 0 fully saturated rings. The van der Waals surface area contributed by atoms with Gasteiger partial charge >= 0.3 is 4.83 Å². The maximum atomic E-state index is 12.0. The van der Waals surface area contributed by atoms with Gasteiger partial charge in [-0.25, -0.2) is 0 Å². The highest BCUT2D eigenvalue weighted by atomic mass is 79.9. The zero-order valence-corrected chi connectivity index (χ0v) is 6.30. The van der Waals surface area contributed by atoms with Gasteiger partial charge in [0.25, 0.3) is 0 Å². The minimum Gasteiger partial charge on any atom is -0.189 e. The van der Waals surface area contributed by atoms with Crippen molar-refractivity contribution in [2.45, 2.75) is 18.7 Å². The van der Waals surface area contributed by atoms with Gasteiger partial charge in [0.1, 0.15) is 0 Å². The molecular formula is C5H7BrF2. The first-order valence-corrected chi connectivity index (χ1v) is 2.98. The Hall–Kier alpha value is 0.0800. The fourth-order valence-corrected chi connectivity index (χ4v) is 0.393. The molecule has 0 bridgehead atoms. The van der Waals surface area contributed by atoms with Crippen molar-refractivity contribution < 1.29 is 8.78 Å². The van der Waals surface area contributed by atoms with Crippen LogP contribution in [0.25, 0.3) is 0 Å². The third-order valence-corrected chi connectivity index (χ3v) is 1.51. The lowest BCUT2D eigenvalue weighted by Crippen LogP contribution is -2.05. The molecule has 3 heteroatoms. The van der Waals surface area contributed by atoms with Crippen molar-refractivity contribution in [2.75, 3.05) is 0 Å². The van der Waals surface area contributed by atoms with Gasteiger partial charge in [-0.2, -0.15) is 8.78 Å². The Morgan fingerprint density at radius 3 is 2.00 bits per heavy atom. The Bertz CT molecular complexity index is 101. The summed E-state index contributed by atoms with van der Waals surface area (Å²) in [5, 5.41) is 0. The summed E-state index contributed by atoms with van der Waals surface area (Å²) < 4.78 is 23.9. The van der Waals surface area contributed by atoms with Crippen LogP contribution in [0, 0.1) is 0 Å². The predicted octanol–water partition coefficient (Wildman–Crippen LogP) is 2.94. The molecule has 0 aliphatic carbocycles. The lowest BCUT2D eigenvalue weighted by atomic mass is 10.3. The Morgan fingerprint density at radius 1 is 1.62 bits per heavy atom. The first-order chi connectivity index (χ1) is 3.48. The van der Waals surface area contributed by atoms with Crippen LogP contribution >= 0.6 is 15.9 Å². The highest BCUT2D eigenvalue weighted by molar-refractivity contribution is 9.10. The molecule has 0 aromatic rings. The van der Waals surface area contributed by atoms with Gasteiger partial charge in [0.15, 0.2) is 0 Å². The second kappa shape index (κ2) is 2.58. The average Bonchev–Trinajstić information content (AvgIpc) is 1.62. The summed E-state index contributed by atoms with van der Waals surface area (Å²) in [4.78, 5) is -2.82. The van der Waals surface area contributed by atoms with Gasteiger partial charge in [-0.15, -0.1) is 0 Å².